The second kappa shape index (κ2) is 5.52. The van der Waals surface area contributed by atoms with Crippen molar-refractivity contribution in [3.8, 4) is 0 Å². The van der Waals surface area contributed by atoms with Crippen LogP contribution in [0.25, 0.3) is 0 Å². The Morgan fingerprint density at radius 3 is 2.38 bits per heavy atom. The van der Waals surface area contributed by atoms with Gasteiger partial charge in [-0.1, -0.05) is 0 Å². The van der Waals surface area contributed by atoms with E-state index in [9.17, 15) is 18.5 Å². The Labute approximate surface area is 121 Å². The van der Waals surface area contributed by atoms with E-state index in [0.29, 0.717) is 5.82 Å². The van der Waals surface area contributed by atoms with E-state index in [4.69, 9.17) is 0 Å². The zero-order chi connectivity index (χ0) is 15.6. The molecule has 1 heterocycles. The van der Waals surface area contributed by atoms with Crippen LogP contribution in [-0.4, -0.2) is 23.1 Å². The second-order valence-electron chi connectivity index (χ2n) is 4.61. The smallest absolute Gasteiger partial charge is 0.264 e. The number of rotatable bonds is 5. The Bertz CT molecular complexity index is 750. The summed E-state index contributed by atoms with van der Waals surface area (Å²) in [5, 5.41) is 14.6. The van der Waals surface area contributed by atoms with Gasteiger partial charge in [0.05, 0.1) is 16.0 Å². The Balaban J connectivity index is 2.30. The van der Waals surface area contributed by atoms with Crippen molar-refractivity contribution in [1.29, 1.82) is 0 Å². The molecule has 0 amide bonds. The lowest BCUT2D eigenvalue weighted by Crippen LogP contribution is -2.17. The summed E-state index contributed by atoms with van der Waals surface area (Å²) in [5.74, 6) is 0.336. The maximum atomic E-state index is 12.2. The molecule has 0 saturated heterocycles. The van der Waals surface area contributed by atoms with Crippen molar-refractivity contribution in [3.63, 3.8) is 0 Å². The lowest BCUT2D eigenvalue weighted by molar-refractivity contribution is -0.384. The van der Waals surface area contributed by atoms with E-state index in [1.54, 1.807) is 6.07 Å². The van der Waals surface area contributed by atoms with Crippen LogP contribution < -0.4 is 4.72 Å². The monoisotopic (exact) mass is 310 g/mol. The van der Waals surface area contributed by atoms with E-state index in [-0.39, 0.29) is 16.6 Å². The van der Waals surface area contributed by atoms with Crippen molar-refractivity contribution in [1.82, 2.24) is 9.78 Å². The molecule has 0 radical (unpaired) electrons. The fourth-order valence-corrected chi connectivity index (χ4v) is 2.80. The van der Waals surface area contributed by atoms with E-state index in [2.05, 4.69) is 9.82 Å². The molecule has 21 heavy (non-hydrogen) atoms. The normalized spacial score (nSPS) is 11.6. The first-order valence-corrected chi connectivity index (χ1v) is 7.60. The van der Waals surface area contributed by atoms with Gasteiger partial charge in [0.25, 0.3) is 15.7 Å². The van der Waals surface area contributed by atoms with E-state index in [1.165, 1.54) is 23.0 Å². The third-order valence-electron chi connectivity index (χ3n) is 2.76. The summed E-state index contributed by atoms with van der Waals surface area (Å²) in [7, 11) is -3.82. The Morgan fingerprint density at radius 2 is 1.86 bits per heavy atom. The van der Waals surface area contributed by atoms with Gasteiger partial charge in [0.1, 0.15) is 5.82 Å². The number of nitro groups is 1. The van der Waals surface area contributed by atoms with Crippen LogP contribution in [0, 0.1) is 10.1 Å². The number of aromatic nitrogens is 2. The molecular formula is C12H14N4O4S. The molecule has 0 saturated carbocycles. The summed E-state index contributed by atoms with van der Waals surface area (Å²) in [4.78, 5) is 9.93. The molecule has 0 spiro atoms. The lowest BCUT2D eigenvalue weighted by atomic mass is 10.3. The number of nitrogens with zero attached hydrogens (tertiary/aromatic N) is 3. The highest BCUT2D eigenvalue weighted by atomic mass is 32.2. The van der Waals surface area contributed by atoms with Crippen LogP contribution in [-0.2, 0) is 10.0 Å². The summed E-state index contributed by atoms with van der Waals surface area (Å²) in [6.07, 6.45) is 1.49. The predicted octanol–water partition coefficient (Wildman–Crippen LogP) is 2.17. The summed E-state index contributed by atoms with van der Waals surface area (Å²) < 4.78 is 28.4. The number of non-ortho nitro benzene ring substituents is 1. The number of hydrogen-bond acceptors (Lipinski definition) is 5. The van der Waals surface area contributed by atoms with Gasteiger partial charge in [-0.15, -0.1) is 0 Å². The topological polar surface area (TPSA) is 107 Å². The molecule has 0 aliphatic carbocycles. The molecule has 0 atom stereocenters. The van der Waals surface area contributed by atoms with Crippen LogP contribution in [0.3, 0.4) is 0 Å². The zero-order valence-corrected chi connectivity index (χ0v) is 12.2. The number of sulfonamides is 1. The molecular weight excluding hydrogens is 296 g/mol. The van der Waals surface area contributed by atoms with Gasteiger partial charge in [-0.05, 0) is 26.0 Å². The molecule has 8 nitrogen and oxygen atoms in total. The number of hydrogen-bond donors (Lipinski definition) is 1. The standard InChI is InChI=1S/C12H14N4O4S/c1-9(2)15-12(7-8-13-15)14-21(19,20)11-5-3-10(4-6-11)16(17)18/h3-9,14H,1-2H3. The van der Waals surface area contributed by atoms with Gasteiger partial charge in [0.15, 0.2) is 0 Å². The third kappa shape index (κ3) is 3.19. The van der Waals surface area contributed by atoms with Crippen molar-refractivity contribution < 1.29 is 13.3 Å². The quantitative estimate of drug-likeness (QED) is 0.672. The van der Waals surface area contributed by atoms with Crippen LogP contribution in [0.5, 0.6) is 0 Å². The van der Waals surface area contributed by atoms with Gasteiger partial charge < -0.3 is 0 Å². The summed E-state index contributed by atoms with van der Waals surface area (Å²) in [6, 6.07) is 6.22. The Morgan fingerprint density at radius 1 is 1.24 bits per heavy atom. The summed E-state index contributed by atoms with van der Waals surface area (Å²) >= 11 is 0. The van der Waals surface area contributed by atoms with Crippen molar-refractivity contribution in [2.45, 2.75) is 24.8 Å². The predicted molar refractivity (Wildman–Crippen MR) is 76.5 cm³/mol. The van der Waals surface area contributed by atoms with Gasteiger partial charge in [0, 0.05) is 24.2 Å². The SMILES string of the molecule is CC(C)n1nccc1NS(=O)(=O)c1ccc([N+](=O)[O-])cc1. The molecule has 1 aromatic heterocycles. The minimum Gasteiger partial charge on any atom is -0.264 e. The average molecular weight is 310 g/mol. The Kier molecular flexibility index (Phi) is 3.94. The number of nitro benzene ring substituents is 1. The molecule has 0 fully saturated rings. The molecule has 0 bridgehead atoms. The van der Waals surface area contributed by atoms with Gasteiger partial charge in [0.2, 0.25) is 0 Å². The van der Waals surface area contributed by atoms with Crippen molar-refractivity contribution in [3.05, 3.63) is 46.6 Å². The molecule has 0 aliphatic heterocycles. The zero-order valence-electron chi connectivity index (χ0n) is 11.4. The van der Waals surface area contributed by atoms with Crippen LogP contribution >= 0.6 is 0 Å². The van der Waals surface area contributed by atoms with E-state index >= 15 is 0 Å². The number of benzene rings is 1. The first kappa shape index (κ1) is 15.0. The highest BCUT2D eigenvalue weighted by Gasteiger charge is 2.18. The van der Waals surface area contributed by atoms with Crippen LogP contribution in [0.2, 0.25) is 0 Å². The molecule has 0 aliphatic rings. The first-order chi connectivity index (χ1) is 9.81. The fraction of sp³-hybridized carbons (Fsp3) is 0.250. The largest absolute Gasteiger partial charge is 0.269 e. The van der Waals surface area contributed by atoms with Crippen molar-refractivity contribution in [2.24, 2.45) is 0 Å². The van der Waals surface area contributed by atoms with Gasteiger partial charge in [-0.3, -0.25) is 14.8 Å². The first-order valence-electron chi connectivity index (χ1n) is 6.12. The number of nitrogens with one attached hydrogen (secondary N) is 1. The second-order valence-corrected chi connectivity index (χ2v) is 6.29. The minimum atomic E-state index is -3.82. The van der Waals surface area contributed by atoms with Crippen LogP contribution in [0.1, 0.15) is 19.9 Å². The van der Waals surface area contributed by atoms with Crippen molar-refractivity contribution in [2.75, 3.05) is 4.72 Å². The number of anilines is 1. The van der Waals surface area contributed by atoms with Crippen LogP contribution in [0.15, 0.2) is 41.4 Å². The van der Waals surface area contributed by atoms with E-state index < -0.39 is 14.9 Å². The molecule has 2 rings (SSSR count). The van der Waals surface area contributed by atoms with E-state index in [0.717, 1.165) is 12.1 Å². The Hall–Kier alpha value is -2.42. The highest BCUT2D eigenvalue weighted by molar-refractivity contribution is 7.92. The molecule has 112 valence electrons. The molecule has 0 unspecified atom stereocenters. The van der Waals surface area contributed by atoms with Gasteiger partial charge >= 0.3 is 0 Å². The van der Waals surface area contributed by atoms with E-state index in [1.807, 2.05) is 13.8 Å². The summed E-state index contributed by atoms with van der Waals surface area (Å²) in [6.45, 7) is 3.74. The fourth-order valence-electron chi connectivity index (χ4n) is 1.75. The molecule has 1 aromatic carbocycles. The highest BCUT2D eigenvalue weighted by Crippen LogP contribution is 2.20. The molecule has 9 heteroatoms. The van der Waals surface area contributed by atoms with Gasteiger partial charge in [-0.2, -0.15) is 5.10 Å². The maximum absolute atomic E-state index is 12.2. The van der Waals surface area contributed by atoms with Crippen molar-refractivity contribution >= 4 is 21.5 Å². The van der Waals surface area contributed by atoms with Crippen LogP contribution in [0.4, 0.5) is 11.5 Å². The summed E-state index contributed by atoms with van der Waals surface area (Å²) in [5.41, 5.74) is -0.166. The third-order valence-corrected chi connectivity index (χ3v) is 4.13. The minimum absolute atomic E-state index is 0.00504. The molecule has 2 aromatic rings. The maximum Gasteiger partial charge on any atom is 0.269 e. The lowest BCUT2D eigenvalue weighted by Gasteiger charge is -2.12. The van der Waals surface area contributed by atoms with Gasteiger partial charge in [-0.25, -0.2) is 13.1 Å². The molecule has 1 N–H and O–H groups in total. The average Bonchev–Trinajstić information content (AvgIpc) is 2.86.